The van der Waals surface area contributed by atoms with Crippen LogP contribution in [0.2, 0.25) is 10.0 Å². The average molecular weight is 440 g/mol. The second kappa shape index (κ2) is 8.72. The molecule has 0 atom stereocenters. The highest BCUT2D eigenvalue weighted by Crippen LogP contribution is 2.31. The van der Waals surface area contributed by atoms with Crippen molar-refractivity contribution >= 4 is 58.1 Å². The maximum Gasteiger partial charge on any atom is 0.293 e. The van der Waals surface area contributed by atoms with E-state index < -0.39 is 22.9 Å². The molecule has 1 aliphatic rings. The van der Waals surface area contributed by atoms with Crippen molar-refractivity contribution in [1.29, 1.82) is 0 Å². The number of pyridine rings is 1. The van der Waals surface area contributed by atoms with Gasteiger partial charge in [-0.05, 0) is 41.6 Å². The van der Waals surface area contributed by atoms with Crippen LogP contribution >= 0.6 is 35.0 Å². The van der Waals surface area contributed by atoms with Gasteiger partial charge in [-0.25, -0.2) is 4.39 Å². The molecule has 2 aromatic rings. The number of hydrogen-bond acceptors (Lipinski definition) is 5. The molecule has 1 aliphatic heterocycles. The Morgan fingerprint density at radius 2 is 2.07 bits per heavy atom. The van der Waals surface area contributed by atoms with Crippen molar-refractivity contribution in [3.8, 4) is 0 Å². The largest absolute Gasteiger partial charge is 0.350 e. The molecule has 0 aliphatic carbocycles. The predicted octanol–water partition coefficient (Wildman–Crippen LogP) is 3.99. The van der Waals surface area contributed by atoms with Gasteiger partial charge < -0.3 is 5.32 Å². The van der Waals surface area contributed by atoms with Gasteiger partial charge in [-0.3, -0.25) is 24.3 Å². The van der Waals surface area contributed by atoms with Crippen LogP contribution in [0.3, 0.4) is 0 Å². The van der Waals surface area contributed by atoms with E-state index in [4.69, 9.17) is 23.2 Å². The van der Waals surface area contributed by atoms with Crippen LogP contribution in [0.1, 0.15) is 15.9 Å². The van der Waals surface area contributed by atoms with E-state index in [1.165, 1.54) is 0 Å². The lowest BCUT2D eigenvalue weighted by molar-refractivity contribution is -0.122. The van der Waals surface area contributed by atoms with Crippen LogP contribution in [0.15, 0.2) is 41.6 Å². The number of benzene rings is 1. The van der Waals surface area contributed by atoms with Crippen LogP contribution in [0.25, 0.3) is 6.08 Å². The number of nitrogens with one attached hydrogen (secondary N) is 1. The second-order valence-corrected chi connectivity index (χ2v) is 7.43. The van der Waals surface area contributed by atoms with Gasteiger partial charge in [-0.2, -0.15) is 0 Å². The van der Waals surface area contributed by atoms with Gasteiger partial charge in [0.2, 0.25) is 0 Å². The topological polar surface area (TPSA) is 79.4 Å². The van der Waals surface area contributed by atoms with Crippen molar-refractivity contribution in [2.45, 2.75) is 0 Å². The lowest BCUT2D eigenvalue weighted by Crippen LogP contribution is -2.37. The standard InChI is InChI=1S/C18H12Cl2FN3O3S/c19-12-8-13(20)14(21)7-11(12)16(25)23-4-5-24-17(26)15(28-18(24)27)6-10-2-1-3-22-9-10/h1-3,6-9H,4-5H2,(H,23,25). The molecule has 2 heterocycles. The monoisotopic (exact) mass is 439 g/mol. The lowest BCUT2D eigenvalue weighted by atomic mass is 10.2. The maximum atomic E-state index is 13.5. The number of hydrogen-bond donors (Lipinski definition) is 1. The molecule has 144 valence electrons. The first-order chi connectivity index (χ1) is 13.4. The molecule has 3 amide bonds. The highest BCUT2D eigenvalue weighted by molar-refractivity contribution is 8.18. The summed E-state index contributed by atoms with van der Waals surface area (Å²) < 4.78 is 13.5. The SMILES string of the molecule is O=C(NCCN1C(=O)SC(=Cc2cccnc2)C1=O)c1cc(F)c(Cl)cc1Cl. The summed E-state index contributed by atoms with van der Waals surface area (Å²) in [4.78, 5) is 41.9. The van der Waals surface area contributed by atoms with E-state index in [0.29, 0.717) is 5.56 Å². The molecule has 1 saturated heterocycles. The number of rotatable bonds is 5. The molecule has 1 aromatic heterocycles. The Bertz CT molecular complexity index is 986. The minimum atomic E-state index is -0.775. The van der Waals surface area contributed by atoms with E-state index in [-0.39, 0.29) is 33.6 Å². The van der Waals surface area contributed by atoms with Gasteiger partial charge in [0.15, 0.2) is 0 Å². The molecule has 0 spiro atoms. The first kappa shape index (κ1) is 20.3. The number of nitrogens with zero attached hydrogens (tertiary/aromatic N) is 2. The van der Waals surface area contributed by atoms with E-state index >= 15 is 0 Å². The fourth-order valence-corrected chi connectivity index (χ4v) is 3.71. The fourth-order valence-electron chi connectivity index (χ4n) is 2.38. The molecule has 6 nitrogen and oxygen atoms in total. The van der Waals surface area contributed by atoms with Crippen molar-refractivity contribution in [2.75, 3.05) is 13.1 Å². The number of aromatic nitrogens is 1. The third-order valence-corrected chi connectivity index (χ3v) is 5.24. The molecule has 3 rings (SSSR count). The zero-order chi connectivity index (χ0) is 20.3. The number of thioether (sulfide) groups is 1. The van der Waals surface area contributed by atoms with E-state index in [1.807, 2.05) is 0 Å². The number of amides is 3. The van der Waals surface area contributed by atoms with Gasteiger partial charge in [-0.15, -0.1) is 0 Å². The summed E-state index contributed by atoms with van der Waals surface area (Å²) in [6.45, 7) is -0.0495. The lowest BCUT2D eigenvalue weighted by Gasteiger charge is -2.13. The van der Waals surface area contributed by atoms with Gasteiger partial charge in [0.25, 0.3) is 17.1 Å². The summed E-state index contributed by atoms with van der Waals surface area (Å²) in [5, 5.41) is 1.86. The molecule has 28 heavy (non-hydrogen) atoms. The highest BCUT2D eigenvalue weighted by Gasteiger charge is 2.34. The summed E-state index contributed by atoms with van der Waals surface area (Å²) in [5.41, 5.74) is 0.606. The Balaban J connectivity index is 1.61. The first-order valence-electron chi connectivity index (χ1n) is 7.95. The van der Waals surface area contributed by atoms with E-state index in [9.17, 15) is 18.8 Å². The van der Waals surface area contributed by atoms with Crippen molar-refractivity contribution in [3.05, 3.63) is 68.6 Å². The number of carbonyl (C=O) groups excluding carboxylic acids is 3. The zero-order valence-corrected chi connectivity index (χ0v) is 16.4. The summed E-state index contributed by atoms with van der Waals surface area (Å²) in [5.74, 6) is -1.87. The molecule has 1 aromatic carbocycles. The van der Waals surface area contributed by atoms with Crippen molar-refractivity contribution in [1.82, 2.24) is 15.2 Å². The molecule has 0 saturated carbocycles. The summed E-state index contributed by atoms with van der Waals surface area (Å²) in [7, 11) is 0. The van der Waals surface area contributed by atoms with Crippen molar-refractivity contribution in [2.24, 2.45) is 0 Å². The zero-order valence-electron chi connectivity index (χ0n) is 14.1. The van der Waals surface area contributed by atoms with Gasteiger partial charge >= 0.3 is 0 Å². The summed E-state index contributed by atoms with van der Waals surface area (Å²) >= 11 is 12.3. The highest BCUT2D eigenvalue weighted by atomic mass is 35.5. The summed E-state index contributed by atoms with van der Waals surface area (Å²) in [6.07, 6.45) is 4.75. The number of imide groups is 1. The van der Waals surface area contributed by atoms with E-state index in [1.54, 1.807) is 30.6 Å². The number of carbonyl (C=O) groups is 3. The Morgan fingerprint density at radius 1 is 1.29 bits per heavy atom. The number of halogens is 3. The van der Waals surface area contributed by atoms with Gasteiger partial charge in [0.05, 0.1) is 20.5 Å². The van der Waals surface area contributed by atoms with Gasteiger partial charge in [0.1, 0.15) is 5.82 Å². The van der Waals surface area contributed by atoms with Crippen LogP contribution in [0.5, 0.6) is 0 Å². The Labute approximate surface area is 173 Å². The average Bonchev–Trinajstić information content (AvgIpc) is 2.92. The first-order valence-corrected chi connectivity index (χ1v) is 9.52. The van der Waals surface area contributed by atoms with Crippen molar-refractivity contribution in [3.63, 3.8) is 0 Å². The van der Waals surface area contributed by atoms with Crippen LogP contribution < -0.4 is 5.32 Å². The van der Waals surface area contributed by atoms with Gasteiger partial charge in [-0.1, -0.05) is 29.3 Å². The quantitative estimate of drug-likeness (QED) is 0.562. The van der Waals surface area contributed by atoms with E-state index in [2.05, 4.69) is 10.3 Å². The molecule has 0 unspecified atom stereocenters. The molecular weight excluding hydrogens is 428 g/mol. The molecule has 1 N–H and O–H groups in total. The Hall–Kier alpha value is -2.42. The molecule has 0 radical (unpaired) electrons. The minimum Gasteiger partial charge on any atom is -0.350 e. The van der Waals surface area contributed by atoms with Gasteiger partial charge in [0, 0.05) is 25.5 Å². The molecule has 10 heteroatoms. The molecule has 0 bridgehead atoms. The third-order valence-electron chi connectivity index (χ3n) is 3.73. The Kier molecular flexibility index (Phi) is 6.33. The third kappa shape index (κ3) is 4.52. The maximum absolute atomic E-state index is 13.5. The normalized spacial score (nSPS) is 15.4. The van der Waals surface area contributed by atoms with Crippen LogP contribution in [0.4, 0.5) is 9.18 Å². The summed E-state index contributed by atoms with van der Waals surface area (Å²) in [6, 6.07) is 5.54. The fraction of sp³-hybridized carbons (Fsp3) is 0.111. The Morgan fingerprint density at radius 3 is 2.79 bits per heavy atom. The second-order valence-electron chi connectivity index (χ2n) is 5.62. The van der Waals surface area contributed by atoms with E-state index in [0.717, 1.165) is 28.8 Å². The molecule has 1 fully saturated rings. The van der Waals surface area contributed by atoms with Crippen LogP contribution in [-0.2, 0) is 4.79 Å². The predicted molar refractivity (Wildman–Crippen MR) is 106 cm³/mol. The van der Waals surface area contributed by atoms with Crippen LogP contribution in [-0.4, -0.2) is 40.0 Å². The van der Waals surface area contributed by atoms with Crippen molar-refractivity contribution < 1.29 is 18.8 Å². The molecular formula is C18H12Cl2FN3O3S. The smallest absolute Gasteiger partial charge is 0.293 e. The minimum absolute atomic E-state index is 0.00512. The van der Waals surface area contributed by atoms with Crippen LogP contribution in [0, 0.1) is 5.82 Å².